The summed E-state index contributed by atoms with van der Waals surface area (Å²) in [6, 6.07) is 0. The summed E-state index contributed by atoms with van der Waals surface area (Å²) < 4.78 is 0. The number of hydrogen-bond acceptors (Lipinski definition) is 2. The van der Waals surface area contributed by atoms with E-state index in [0.29, 0.717) is 5.92 Å². The Labute approximate surface area is 107 Å². The van der Waals surface area contributed by atoms with Gasteiger partial charge in [0.05, 0.1) is 5.71 Å². The smallest absolute Gasteiger partial charge is 0.117 e. The third-order valence-electron chi connectivity index (χ3n) is 2.69. The molecular weight excluding hydrogens is 210 g/mol. The fraction of sp³-hybridized carbons (Fsp3) is 0.800. The van der Waals surface area contributed by atoms with Crippen LogP contribution in [0.15, 0.2) is 17.3 Å². The molecule has 0 atom stereocenters. The van der Waals surface area contributed by atoms with Crippen molar-refractivity contribution in [3.8, 4) is 0 Å². The fourth-order valence-electron chi connectivity index (χ4n) is 1.68. The molecule has 0 aromatic carbocycles. The van der Waals surface area contributed by atoms with Gasteiger partial charge in [0.15, 0.2) is 0 Å². The molecule has 100 valence electrons. The van der Waals surface area contributed by atoms with Gasteiger partial charge in [0.2, 0.25) is 0 Å². The standard InChI is InChI=1S/C15H29NO/c1-6-14(4)10-8-7-9-11-17-16-15(5)12-13(2)3/h13H,4,6-12H2,1-3,5H3/b16-15+. The van der Waals surface area contributed by atoms with Crippen LogP contribution in [-0.4, -0.2) is 12.3 Å². The molecular formula is C15H29NO. The van der Waals surface area contributed by atoms with Gasteiger partial charge in [-0.05, 0) is 51.4 Å². The van der Waals surface area contributed by atoms with Crippen LogP contribution in [0.2, 0.25) is 0 Å². The van der Waals surface area contributed by atoms with Gasteiger partial charge in [0.25, 0.3) is 0 Å². The van der Waals surface area contributed by atoms with E-state index < -0.39 is 0 Å². The van der Waals surface area contributed by atoms with Crippen LogP contribution in [0.5, 0.6) is 0 Å². The zero-order valence-corrected chi connectivity index (χ0v) is 12.1. The largest absolute Gasteiger partial charge is 0.396 e. The highest BCUT2D eigenvalue weighted by Gasteiger charge is 1.97. The molecule has 2 heteroatoms. The Balaban J connectivity index is 3.37. The van der Waals surface area contributed by atoms with Gasteiger partial charge in [-0.15, -0.1) is 0 Å². The molecule has 0 aromatic rings. The summed E-state index contributed by atoms with van der Waals surface area (Å²) in [6.07, 6.45) is 6.82. The van der Waals surface area contributed by atoms with Crippen molar-refractivity contribution < 1.29 is 4.84 Å². The van der Waals surface area contributed by atoms with Gasteiger partial charge in [-0.2, -0.15) is 0 Å². The molecule has 0 bridgehead atoms. The van der Waals surface area contributed by atoms with Crippen LogP contribution >= 0.6 is 0 Å². The van der Waals surface area contributed by atoms with Crippen molar-refractivity contribution in [2.75, 3.05) is 6.61 Å². The number of rotatable bonds is 10. The van der Waals surface area contributed by atoms with Crippen LogP contribution < -0.4 is 0 Å². The lowest BCUT2D eigenvalue weighted by molar-refractivity contribution is 0.138. The van der Waals surface area contributed by atoms with E-state index in [1.807, 2.05) is 6.92 Å². The van der Waals surface area contributed by atoms with E-state index >= 15 is 0 Å². The van der Waals surface area contributed by atoms with E-state index in [1.54, 1.807) is 0 Å². The van der Waals surface area contributed by atoms with Crippen LogP contribution in [-0.2, 0) is 4.84 Å². The molecule has 0 aliphatic rings. The van der Waals surface area contributed by atoms with Gasteiger partial charge in [-0.3, -0.25) is 0 Å². The van der Waals surface area contributed by atoms with Crippen molar-refractivity contribution in [3.63, 3.8) is 0 Å². The minimum absolute atomic E-state index is 0.655. The summed E-state index contributed by atoms with van der Waals surface area (Å²) in [5.74, 6) is 0.655. The Hall–Kier alpha value is -0.790. The van der Waals surface area contributed by atoms with E-state index in [1.165, 1.54) is 18.4 Å². The molecule has 0 rings (SSSR count). The van der Waals surface area contributed by atoms with Crippen LogP contribution in [0.4, 0.5) is 0 Å². The second-order valence-corrected chi connectivity index (χ2v) is 5.17. The van der Waals surface area contributed by atoms with Crippen molar-refractivity contribution in [2.45, 2.75) is 66.2 Å². The normalized spacial score (nSPS) is 11.9. The monoisotopic (exact) mass is 239 g/mol. The first-order valence-electron chi connectivity index (χ1n) is 6.88. The molecule has 0 fully saturated rings. The molecule has 0 aliphatic carbocycles. The molecule has 0 unspecified atom stereocenters. The highest BCUT2D eigenvalue weighted by molar-refractivity contribution is 5.81. The Morgan fingerprint density at radius 1 is 1.24 bits per heavy atom. The van der Waals surface area contributed by atoms with Crippen LogP contribution in [0, 0.1) is 5.92 Å². The van der Waals surface area contributed by atoms with Crippen LogP contribution in [0.25, 0.3) is 0 Å². The van der Waals surface area contributed by atoms with Crippen molar-refractivity contribution in [3.05, 3.63) is 12.2 Å². The molecule has 2 nitrogen and oxygen atoms in total. The number of unbranched alkanes of at least 4 members (excludes halogenated alkanes) is 2. The van der Waals surface area contributed by atoms with Gasteiger partial charge in [0.1, 0.15) is 6.61 Å². The predicted molar refractivity (Wildman–Crippen MR) is 76.4 cm³/mol. The first-order valence-corrected chi connectivity index (χ1v) is 6.88. The summed E-state index contributed by atoms with van der Waals surface area (Å²) in [4.78, 5) is 5.30. The average molecular weight is 239 g/mol. The van der Waals surface area contributed by atoms with Crippen molar-refractivity contribution in [1.82, 2.24) is 0 Å². The Morgan fingerprint density at radius 2 is 1.94 bits per heavy atom. The third-order valence-corrected chi connectivity index (χ3v) is 2.69. The number of oxime groups is 1. The highest BCUT2D eigenvalue weighted by Crippen LogP contribution is 2.10. The lowest BCUT2D eigenvalue weighted by Gasteiger charge is -2.05. The Kier molecular flexibility index (Phi) is 9.89. The molecule has 0 saturated carbocycles. The predicted octanol–water partition coefficient (Wildman–Crippen LogP) is 4.95. The van der Waals surface area contributed by atoms with Gasteiger partial charge in [-0.25, -0.2) is 0 Å². The summed E-state index contributed by atoms with van der Waals surface area (Å²) in [7, 11) is 0. The van der Waals surface area contributed by atoms with Crippen molar-refractivity contribution in [2.24, 2.45) is 11.1 Å². The topological polar surface area (TPSA) is 21.6 Å². The van der Waals surface area contributed by atoms with Crippen molar-refractivity contribution >= 4 is 5.71 Å². The molecule has 0 aromatic heterocycles. The van der Waals surface area contributed by atoms with Gasteiger partial charge in [0, 0.05) is 0 Å². The zero-order valence-electron chi connectivity index (χ0n) is 12.1. The van der Waals surface area contributed by atoms with E-state index in [4.69, 9.17) is 4.84 Å². The lowest BCUT2D eigenvalue weighted by Crippen LogP contribution is -2.00. The van der Waals surface area contributed by atoms with E-state index in [-0.39, 0.29) is 0 Å². The zero-order chi connectivity index (χ0) is 13.1. The number of nitrogens with zero attached hydrogens (tertiary/aromatic N) is 1. The molecule has 0 radical (unpaired) electrons. The van der Waals surface area contributed by atoms with E-state index in [9.17, 15) is 0 Å². The Bertz CT molecular complexity index is 231. The van der Waals surface area contributed by atoms with Gasteiger partial charge >= 0.3 is 0 Å². The maximum atomic E-state index is 5.30. The maximum Gasteiger partial charge on any atom is 0.117 e. The summed E-state index contributed by atoms with van der Waals surface area (Å²) in [6.45, 7) is 13.3. The average Bonchev–Trinajstić information content (AvgIpc) is 2.26. The minimum Gasteiger partial charge on any atom is -0.396 e. The summed E-state index contributed by atoms with van der Waals surface area (Å²) >= 11 is 0. The minimum atomic E-state index is 0.655. The Morgan fingerprint density at radius 3 is 2.53 bits per heavy atom. The second kappa shape index (κ2) is 10.4. The molecule has 17 heavy (non-hydrogen) atoms. The molecule has 0 amide bonds. The third kappa shape index (κ3) is 11.5. The fourth-order valence-corrected chi connectivity index (χ4v) is 1.68. The van der Waals surface area contributed by atoms with E-state index in [0.717, 1.165) is 38.0 Å². The van der Waals surface area contributed by atoms with Gasteiger partial charge < -0.3 is 4.84 Å². The van der Waals surface area contributed by atoms with Crippen LogP contribution in [0.1, 0.15) is 66.2 Å². The quantitative estimate of drug-likeness (QED) is 0.229. The van der Waals surface area contributed by atoms with Gasteiger partial charge in [-0.1, -0.05) is 38.1 Å². The number of hydrogen-bond donors (Lipinski definition) is 0. The van der Waals surface area contributed by atoms with Crippen molar-refractivity contribution in [1.29, 1.82) is 0 Å². The van der Waals surface area contributed by atoms with Crippen LogP contribution in [0.3, 0.4) is 0 Å². The highest BCUT2D eigenvalue weighted by atomic mass is 16.6. The lowest BCUT2D eigenvalue weighted by atomic mass is 10.1. The molecule has 0 aliphatic heterocycles. The maximum absolute atomic E-state index is 5.30. The molecule has 0 heterocycles. The molecule has 0 spiro atoms. The van der Waals surface area contributed by atoms with E-state index in [2.05, 4.69) is 32.5 Å². The second-order valence-electron chi connectivity index (χ2n) is 5.17. The molecule has 0 saturated heterocycles. The first kappa shape index (κ1) is 16.2. The summed E-state index contributed by atoms with van der Waals surface area (Å²) in [5.41, 5.74) is 2.45. The first-order chi connectivity index (χ1) is 8.06. The molecule has 0 N–H and O–H groups in total. The SMILES string of the molecule is C=C(CC)CCCCCO/N=C(\C)CC(C)C. The number of allylic oxidation sites excluding steroid dienone is 1. The summed E-state index contributed by atoms with van der Waals surface area (Å²) in [5, 5.41) is 4.11.